The molecule has 5 nitrogen and oxygen atoms in total. The van der Waals surface area contributed by atoms with Gasteiger partial charge in [0.2, 0.25) is 0 Å². The fraction of sp³-hybridized carbons (Fsp3) is 0.538. The number of H-pyrrole nitrogens is 1. The predicted molar refractivity (Wildman–Crippen MR) is 71.7 cm³/mol. The van der Waals surface area contributed by atoms with Gasteiger partial charge in [-0.05, 0) is 31.9 Å². The third-order valence-electron chi connectivity index (χ3n) is 2.74. The molecule has 0 fully saturated rings. The van der Waals surface area contributed by atoms with Crippen LogP contribution in [0.2, 0.25) is 0 Å². The number of amides is 2. The first-order valence-corrected chi connectivity index (χ1v) is 6.25. The van der Waals surface area contributed by atoms with Crippen molar-refractivity contribution in [1.29, 1.82) is 0 Å². The molecule has 0 bridgehead atoms. The number of urea groups is 1. The molecule has 100 valence electrons. The molecular weight excluding hydrogens is 230 g/mol. The van der Waals surface area contributed by atoms with Crippen molar-refractivity contribution >= 4 is 6.03 Å². The lowest BCUT2D eigenvalue weighted by molar-refractivity contribution is 0.240. The Kier molecular flexibility index (Phi) is 5.42. The molecule has 0 saturated carbocycles. The molecule has 1 rings (SSSR count). The first-order valence-electron chi connectivity index (χ1n) is 6.25. The van der Waals surface area contributed by atoms with Gasteiger partial charge in [0.15, 0.2) is 0 Å². The molecule has 0 radical (unpaired) electrons. The minimum Gasteiger partial charge on any atom is -0.338 e. The van der Waals surface area contributed by atoms with Crippen LogP contribution in [0.15, 0.2) is 10.9 Å². The minimum atomic E-state index is -0.233. The molecule has 0 atom stereocenters. The zero-order valence-electron chi connectivity index (χ0n) is 11.2. The van der Waals surface area contributed by atoms with Crippen LogP contribution in [0.1, 0.15) is 36.6 Å². The predicted octanol–water partition coefficient (Wildman–Crippen LogP) is 1.59. The number of pyridine rings is 1. The molecular formula is C13H21N3O2. The van der Waals surface area contributed by atoms with Gasteiger partial charge in [0.05, 0.1) is 6.54 Å². The van der Waals surface area contributed by atoms with Crippen LogP contribution in [-0.4, -0.2) is 17.6 Å². The second-order valence-electron chi connectivity index (χ2n) is 4.41. The fourth-order valence-electron chi connectivity index (χ4n) is 1.71. The Morgan fingerprint density at radius 3 is 2.67 bits per heavy atom. The molecule has 3 N–H and O–H groups in total. The van der Waals surface area contributed by atoms with Gasteiger partial charge in [-0.15, -0.1) is 0 Å². The summed E-state index contributed by atoms with van der Waals surface area (Å²) in [6.45, 7) is 6.68. The van der Waals surface area contributed by atoms with Crippen LogP contribution in [0.25, 0.3) is 0 Å². The lowest BCUT2D eigenvalue weighted by atomic mass is 10.1. The molecule has 0 aliphatic rings. The quantitative estimate of drug-likeness (QED) is 0.695. The summed E-state index contributed by atoms with van der Waals surface area (Å²) in [4.78, 5) is 25.9. The number of aryl methyl sites for hydroxylation is 2. The van der Waals surface area contributed by atoms with Gasteiger partial charge in [-0.2, -0.15) is 0 Å². The number of hydrogen-bond acceptors (Lipinski definition) is 2. The maximum Gasteiger partial charge on any atom is 0.315 e. The highest BCUT2D eigenvalue weighted by atomic mass is 16.2. The van der Waals surface area contributed by atoms with Crippen LogP contribution in [0.4, 0.5) is 4.79 Å². The second-order valence-corrected chi connectivity index (χ2v) is 4.41. The molecule has 0 aromatic carbocycles. The highest BCUT2D eigenvalue weighted by Gasteiger charge is 2.06. The number of nitrogens with one attached hydrogen (secondary N) is 3. The molecule has 0 saturated heterocycles. The average Bonchev–Trinajstić information content (AvgIpc) is 2.27. The summed E-state index contributed by atoms with van der Waals surface area (Å²) < 4.78 is 0. The summed E-state index contributed by atoms with van der Waals surface area (Å²) in [6, 6.07) is 1.66. The van der Waals surface area contributed by atoms with E-state index in [2.05, 4.69) is 22.5 Å². The molecule has 1 aromatic heterocycles. The summed E-state index contributed by atoms with van der Waals surface area (Å²) in [5, 5.41) is 5.43. The standard InChI is InChI=1S/C13H21N3O2/c1-4-5-6-14-13(18)15-8-11-9(2)7-10(3)16-12(11)17/h7H,4-6,8H2,1-3H3,(H,16,17)(H2,14,15,18). The maximum absolute atomic E-state index is 11.7. The van der Waals surface area contributed by atoms with Gasteiger partial charge in [-0.1, -0.05) is 13.3 Å². The molecule has 18 heavy (non-hydrogen) atoms. The fourth-order valence-corrected chi connectivity index (χ4v) is 1.71. The Balaban J connectivity index is 2.54. The molecule has 2 amide bonds. The van der Waals surface area contributed by atoms with Crippen LogP contribution in [0.3, 0.4) is 0 Å². The van der Waals surface area contributed by atoms with E-state index in [4.69, 9.17) is 0 Å². The first-order chi connectivity index (χ1) is 8.54. The topological polar surface area (TPSA) is 74.0 Å². The third-order valence-corrected chi connectivity index (χ3v) is 2.74. The summed E-state index contributed by atoms with van der Waals surface area (Å²) in [5.74, 6) is 0. The van der Waals surface area contributed by atoms with E-state index in [1.165, 1.54) is 0 Å². The Morgan fingerprint density at radius 2 is 2.06 bits per heavy atom. The lowest BCUT2D eigenvalue weighted by Crippen LogP contribution is -2.37. The van der Waals surface area contributed by atoms with E-state index in [0.717, 1.165) is 24.1 Å². The normalized spacial score (nSPS) is 10.2. The Hall–Kier alpha value is -1.78. The number of hydrogen-bond donors (Lipinski definition) is 3. The van der Waals surface area contributed by atoms with Crippen molar-refractivity contribution < 1.29 is 4.79 Å². The summed E-state index contributed by atoms with van der Waals surface area (Å²) in [5.41, 5.74) is 2.19. The van der Waals surface area contributed by atoms with E-state index < -0.39 is 0 Å². The van der Waals surface area contributed by atoms with Gasteiger partial charge in [0, 0.05) is 17.8 Å². The smallest absolute Gasteiger partial charge is 0.315 e. The Labute approximate surface area is 107 Å². The zero-order chi connectivity index (χ0) is 13.5. The number of carbonyl (C=O) groups excluding carboxylic acids is 1. The highest BCUT2D eigenvalue weighted by Crippen LogP contribution is 2.02. The number of aromatic nitrogens is 1. The van der Waals surface area contributed by atoms with E-state index in [-0.39, 0.29) is 18.1 Å². The summed E-state index contributed by atoms with van der Waals surface area (Å²) in [6.07, 6.45) is 1.99. The molecule has 1 aromatic rings. The third kappa shape index (κ3) is 4.24. The van der Waals surface area contributed by atoms with Crippen molar-refractivity contribution in [2.24, 2.45) is 0 Å². The summed E-state index contributed by atoms with van der Waals surface area (Å²) >= 11 is 0. The van der Waals surface area contributed by atoms with Crippen LogP contribution in [0.5, 0.6) is 0 Å². The number of carbonyl (C=O) groups is 1. The van der Waals surface area contributed by atoms with E-state index in [1.807, 2.05) is 19.9 Å². The highest BCUT2D eigenvalue weighted by molar-refractivity contribution is 5.73. The van der Waals surface area contributed by atoms with Crippen molar-refractivity contribution in [3.05, 3.63) is 33.2 Å². The van der Waals surface area contributed by atoms with Crippen LogP contribution < -0.4 is 16.2 Å². The number of aromatic amines is 1. The molecule has 0 unspecified atom stereocenters. The van der Waals surface area contributed by atoms with Crippen molar-refractivity contribution in [3.63, 3.8) is 0 Å². The van der Waals surface area contributed by atoms with Crippen molar-refractivity contribution in [2.75, 3.05) is 6.54 Å². The zero-order valence-corrected chi connectivity index (χ0v) is 11.2. The van der Waals surface area contributed by atoms with E-state index in [1.54, 1.807) is 0 Å². The van der Waals surface area contributed by atoms with Gasteiger partial charge in [-0.3, -0.25) is 4.79 Å². The second kappa shape index (κ2) is 6.83. The van der Waals surface area contributed by atoms with E-state index in [0.29, 0.717) is 12.1 Å². The molecule has 1 heterocycles. The van der Waals surface area contributed by atoms with Crippen molar-refractivity contribution in [1.82, 2.24) is 15.6 Å². The number of unbranched alkanes of at least 4 members (excludes halogenated alkanes) is 1. The van der Waals surface area contributed by atoms with Gasteiger partial charge < -0.3 is 15.6 Å². The van der Waals surface area contributed by atoms with Gasteiger partial charge in [0.1, 0.15) is 0 Å². The molecule has 0 spiro atoms. The maximum atomic E-state index is 11.7. The molecule has 0 aliphatic carbocycles. The van der Waals surface area contributed by atoms with Gasteiger partial charge >= 0.3 is 6.03 Å². The van der Waals surface area contributed by atoms with Crippen molar-refractivity contribution in [3.8, 4) is 0 Å². The Morgan fingerprint density at radius 1 is 1.33 bits per heavy atom. The van der Waals surface area contributed by atoms with Crippen LogP contribution >= 0.6 is 0 Å². The van der Waals surface area contributed by atoms with Crippen LogP contribution in [-0.2, 0) is 6.54 Å². The largest absolute Gasteiger partial charge is 0.338 e. The molecule has 0 aliphatic heterocycles. The van der Waals surface area contributed by atoms with E-state index >= 15 is 0 Å². The van der Waals surface area contributed by atoms with E-state index in [9.17, 15) is 9.59 Å². The number of rotatable bonds is 5. The molecule has 5 heteroatoms. The van der Waals surface area contributed by atoms with Gasteiger partial charge in [-0.25, -0.2) is 4.79 Å². The Bertz CT molecular complexity index is 466. The van der Waals surface area contributed by atoms with Crippen LogP contribution in [0, 0.1) is 13.8 Å². The van der Waals surface area contributed by atoms with Gasteiger partial charge in [0.25, 0.3) is 5.56 Å². The minimum absolute atomic E-state index is 0.138. The average molecular weight is 251 g/mol. The SMILES string of the molecule is CCCCNC(=O)NCc1c(C)cc(C)[nH]c1=O. The van der Waals surface area contributed by atoms with Crippen molar-refractivity contribution in [2.45, 2.75) is 40.2 Å². The lowest BCUT2D eigenvalue weighted by Gasteiger charge is -2.09. The summed E-state index contributed by atoms with van der Waals surface area (Å²) in [7, 11) is 0. The first kappa shape index (κ1) is 14.3. The monoisotopic (exact) mass is 251 g/mol.